The molecule has 0 amide bonds. The van der Waals surface area contributed by atoms with E-state index in [0.29, 0.717) is 4.77 Å². The second kappa shape index (κ2) is 4.53. The standard InChI is InChI=1S/C13H11ClN2S2/c1-8-5-6-18-11(8)7-16-12-9(14)3-2-4-10(12)15-13(16)17/h2-6H,7H2,1H3,(H,15,17). The summed E-state index contributed by atoms with van der Waals surface area (Å²) in [6.45, 7) is 2.89. The number of nitrogens with zero attached hydrogens (tertiary/aromatic N) is 1. The Hall–Kier alpha value is -1.10. The van der Waals surface area contributed by atoms with Crippen molar-refractivity contribution in [1.29, 1.82) is 0 Å². The Morgan fingerprint density at radius 2 is 2.22 bits per heavy atom. The van der Waals surface area contributed by atoms with E-state index >= 15 is 0 Å². The van der Waals surface area contributed by atoms with Gasteiger partial charge in [-0.2, -0.15) is 0 Å². The van der Waals surface area contributed by atoms with Crippen LogP contribution in [0.3, 0.4) is 0 Å². The Morgan fingerprint density at radius 1 is 1.39 bits per heavy atom. The molecule has 2 nitrogen and oxygen atoms in total. The average molecular weight is 295 g/mol. The number of aryl methyl sites for hydroxylation is 1. The zero-order chi connectivity index (χ0) is 12.7. The Kier molecular flexibility index (Phi) is 3.01. The van der Waals surface area contributed by atoms with Crippen molar-refractivity contribution in [3.63, 3.8) is 0 Å². The van der Waals surface area contributed by atoms with Crippen molar-refractivity contribution in [2.45, 2.75) is 13.5 Å². The molecule has 0 saturated carbocycles. The maximum Gasteiger partial charge on any atom is 0.178 e. The quantitative estimate of drug-likeness (QED) is 0.675. The van der Waals surface area contributed by atoms with E-state index in [1.54, 1.807) is 11.3 Å². The topological polar surface area (TPSA) is 20.7 Å². The van der Waals surface area contributed by atoms with E-state index in [1.165, 1.54) is 10.4 Å². The highest BCUT2D eigenvalue weighted by Crippen LogP contribution is 2.26. The van der Waals surface area contributed by atoms with Gasteiger partial charge < -0.3 is 9.55 Å². The summed E-state index contributed by atoms with van der Waals surface area (Å²) in [5.41, 5.74) is 3.27. The van der Waals surface area contributed by atoms with Crippen molar-refractivity contribution < 1.29 is 0 Å². The fourth-order valence-corrected chi connectivity index (χ4v) is 3.47. The zero-order valence-electron chi connectivity index (χ0n) is 9.74. The van der Waals surface area contributed by atoms with Crippen LogP contribution in [0, 0.1) is 11.7 Å². The van der Waals surface area contributed by atoms with Gasteiger partial charge in [-0.05, 0) is 48.3 Å². The van der Waals surface area contributed by atoms with Crippen molar-refractivity contribution in [3.8, 4) is 0 Å². The highest BCUT2D eigenvalue weighted by Gasteiger charge is 2.10. The summed E-state index contributed by atoms with van der Waals surface area (Å²) in [5.74, 6) is 0. The largest absolute Gasteiger partial charge is 0.331 e. The van der Waals surface area contributed by atoms with Gasteiger partial charge in [0.05, 0.1) is 22.6 Å². The lowest BCUT2D eigenvalue weighted by Gasteiger charge is -2.05. The minimum Gasteiger partial charge on any atom is -0.331 e. The maximum atomic E-state index is 6.27. The Balaban J connectivity index is 2.20. The first kappa shape index (κ1) is 12.0. The van der Waals surface area contributed by atoms with Crippen molar-refractivity contribution in [1.82, 2.24) is 9.55 Å². The van der Waals surface area contributed by atoms with E-state index in [4.69, 9.17) is 23.8 Å². The highest BCUT2D eigenvalue weighted by atomic mass is 35.5. The van der Waals surface area contributed by atoms with Gasteiger partial charge in [-0.1, -0.05) is 17.7 Å². The Labute approximate surface area is 119 Å². The molecule has 2 aromatic heterocycles. The van der Waals surface area contributed by atoms with Crippen LogP contribution in [0.25, 0.3) is 11.0 Å². The van der Waals surface area contributed by atoms with Gasteiger partial charge in [0.15, 0.2) is 4.77 Å². The van der Waals surface area contributed by atoms with Gasteiger partial charge in [0.25, 0.3) is 0 Å². The molecule has 0 spiro atoms. The summed E-state index contributed by atoms with van der Waals surface area (Å²) < 4.78 is 2.78. The summed E-state index contributed by atoms with van der Waals surface area (Å²) in [7, 11) is 0. The van der Waals surface area contributed by atoms with E-state index < -0.39 is 0 Å². The van der Waals surface area contributed by atoms with Crippen LogP contribution < -0.4 is 0 Å². The van der Waals surface area contributed by atoms with E-state index in [-0.39, 0.29) is 0 Å². The number of para-hydroxylation sites is 1. The molecule has 2 heterocycles. The molecule has 92 valence electrons. The number of fused-ring (bicyclic) bond motifs is 1. The molecule has 0 atom stereocenters. The Morgan fingerprint density at radius 3 is 2.94 bits per heavy atom. The van der Waals surface area contributed by atoms with Crippen LogP contribution in [-0.4, -0.2) is 9.55 Å². The molecule has 0 radical (unpaired) electrons. The number of rotatable bonds is 2. The molecular formula is C13H11ClN2S2. The van der Waals surface area contributed by atoms with Crippen LogP contribution in [0.1, 0.15) is 10.4 Å². The van der Waals surface area contributed by atoms with E-state index in [2.05, 4.69) is 27.9 Å². The molecule has 0 aliphatic carbocycles. The number of nitrogens with one attached hydrogen (secondary N) is 1. The lowest BCUT2D eigenvalue weighted by molar-refractivity contribution is 0.819. The first-order chi connectivity index (χ1) is 8.66. The molecule has 0 fully saturated rings. The number of halogens is 1. The minimum atomic E-state index is 0.714. The van der Waals surface area contributed by atoms with Gasteiger partial charge in [-0.15, -0.1) is 11.3 Å². The van der Waals surface area contributed by atoms with E-state index in [1.807, 2.05) is 18.2 Å². The SMILES string of the molecule is Cc1ccsc1Cn1c(=S)[nH]c2cccc(Cl)c21. The number of thiophene rings is 1. The number of H-pyrrole nitrogens is 1. The first-order valence-electron chi connectivity index (χ1n) is 5.57. The van der Waals surface area contributed by atoms with Gasteiger partial charge in [-0.3, -0.25) is 0 Å². The third-order valence-electron chi connectivity index (χ3n) is 3.01. The number of imidazole rings is 1. The normalized spacial score (nSPS) is 11.2. The molecular weight excluding hydrogens is 284 g/mol. The monoisotopic (exact) mass is 294 g/mol. The van der Waals surface area contributed by atoms with Gasteiger partial charge in [-0.25, -0.2) is 0 Å². The van der Waals surface area contributed by atoms with Crippen LogP contribution in [0.4, 0.5) is 0 Å². The van der Waals surface area contributed by atoms with E-state index in [9.17, 15) is 0 Å². The first-order valence-corrected chi connectivity index (χ1v) is 7.23. The number of benzene rings is 1. The van der Waals surface area contributed by atoms with Crippen LogP contribution in [0.2, 0.25) is 5.02 Å². The summed E-state index contributed by atoms with van der Waals surface area (Å²) >= 11 is 13.4. The lowest BCUT2D eigenvalue weighted by atomic mass is 10.3. The maximum absolute atomic E-state index is 6.27. The number of aromatic nitrogens is 2. The fraction of sp³-hybridized carbons (Fsp3) is 0.154. The van der Waals surface area contributed by atoms with Crippen molar-refractivity contribution in [2.24, 2.45) is 0 Å². The summed E-state index contributed by atoms with van der Waals surface area (Å²) in [6.07, 6.45) is 0. The fourth-order valence-electron chi connectivity index (χ4n) is 2.04. The van der Waals surface area contributed by atoms with Crippen molar-refractivity contribution in [3.05, 3.63) is 49.9 Å². The van der Waals surface area contributed by atoms with Gasteiger partial charge in [0, 0.05) is 4.88 Å². The van der Waals surface area contributed by atoms with Crippen LogP contribution in [-0.2, 0) is 6.54 Å². The Bertz CT molecular complexity index is 767. The molecule has 0 bridgehead atoms. The summed E-state index contributed by atoms with van der Waals surface area (Å²) in [6, 6.07) is 7.94. The van der Waals surface area contributed by atoms with Gasteiger partial charge in [0.2, 0.25) is 0 Å². The predicted octanol–water partition coefficient (Wildman–Crippen LogP) is 4.77. The molecule has 5 heteroatoms. The smallest absolute Gasteiger partial charge is 0.178 e. The van der Waals surface area contributed by atoms with Crippen molar-refractivity contribution >= 4 is 46.2 Å². The molecule has 18 heavy (non-hydrogen) atoms. The van der Waals surface area contributed by atoms with E-state index in [0.717, 1.165) is 22.6 Å². The molecule has 0 aliphatic rings. The molecule has 0 unspecified atom stereocenters. The van der Waals surface area contributed by atoms with Crippen molar-refractivity contribution in [2.75, 3.05) is 0 Å². The number of hydrogen-bond donors (Lipinski definition) is 1. The second-order valence-corrected chi connectivity index (χ2v) is 5.97. The molecule has 1 N–H and O–H groups in total. The predicted molar refractivity (Wildman–Crippen MR) is 80.3 cm³/mol. The molecule has 0 aliphatic heterocycles. The molecule has 0 saturated heterocycles. The van der Waals surface area contributed by atoms with Crippen LogP contribution in [0.5, 0.6) is 0 Å². The minimum absolute atomic E-state index is 0.714. The summed E-state index contributed by atoms with van der Waals surface area (Å²) in [5, 5.41) is 2.83. The molecule has 3 aromatic rings. The van der Waals surface area contributed by atoms with Gasteiger partial charge in [0.1, 0.15) is 0 Å². The zero-order valence-corrected chi connectivity index (χ0v) is 12.1. The van der Waals surface area contributed by atoms with Gasteiger partial charge >= 0.3 is 0 Å². The molecule has 3 rings (SSSR count). The average Bonchev–Trinajstić information content (AvgIpc) is 2.86. The third-order valence-corrected chi connectivity index (χ3v) is 4.65. The number of hydrogen-bond acceptors (Lipinski definition) is 2. The lowest BCUT2D eigenvalue weighted by Crippen LogP contribution is -1.99. The number of aromatic amines is 1. The summed E-state index contributed by atoms with van der Waals surface area (Å²) in [4.78, 5) is 4.51. The molecule has 1 aromatic carbocycles. The third kappa shape index (κ3) is 1.90. The van der Waals surface area contributed by atoms with Crippen LogP contribution >= 0.6 is 35.2 Å². The van der Waals surface area contributed by atoms with Crippen LogP contribution in [0.15, 0.2) is 29.6 Å². The second-order valence-electron chi connectivity index (χ2n) is 4.18. The highest BCUT2D eigenvalue weighted by molar-refractivity contribution is 7.71.